The maximum absolute atomic E-state index is 6.29. The van der Waals surface area contributed by atoms with Crippen molar-refractivity contribution in [1.82, 2.24) is 14.7 Å². The van der Waals surface area contributed by atoms with Gasteiger partial charge in [0, 0.05) is 12.1 Å². The minimum Gasteiger partial charge on any atom is -0.308 e. The number of aromatic nitrogens is 2. The van der Waals surface area contributed by atoms with Crippen LogP contribution in [0.25, 0.3) is 0 Å². The second kappa shape index (κ2) is 6.62. The van der Waals surface area contributed by atoms with Gasteiger partial charge in [-0.3, -0.25) is 4.68 Å². The smallest absolute Gasteiger partial charge is 0.131 e. The molecule has 0 bridgehead atoms. The van der Waals surface area contributed by atoms with Gasteiger partial charge in [-0.2, -0.15) is 5.10 Å². The Balaban J connectivity index is 2.88. The van der Waals surface area contributed by atoms with Gasteiger partial charge in [0.1, 0.15) is 5.15 Å². The van der Waals surface area contributed by atoms with E-state index in [-0.39, 0.29) is 0 Å². The normalized spacial score (nSPS) is 11.8. The molecule has 0 amide bonds. The second-order valence-electron chi connectivity index (χ2n) is 4.97. The Hall–Kier alpha value is -0.250. The average molecular weight is 278 g/mol. The van der Waals surface area contributed by atoms with Gasteiger partial charge in [0.15, 0.2) is 0 Å². The highest BCUT2D eigenvalue weighted by molar-refractivity contribution is 6.31. The van der Waals surface area contributed by atoms with Crippen LogP contribution in [-0.2, 0) is 18.8 Å². The SMILES string of the molecule is CC(C)Cc1nn(CCN(C)C)c(Cl)c1CCl. The van der Waals surface area contributed by atoms with E-state index in [0.717, 1.165) is 30.8 Å². The van der Waals surface area contributed by atoms with E-state index < -0.39 is 0 Å². The lowest BCUT2D eigenvalue weighted by atomic mass is 10.1. The third-order valence-electron chi connectivity index (χ3n) is 2.56. The molecule has 0 unspecified atom stereocenters. The molecule has 1 aromatic heterocycles. The van der Waals surface area contributed by atoms with Crippen molar-refractivity contribution in [1.29, 1.82) is 0 Å². The van der Waals surface area contributed by atoms with Crippen LogP contribution in [0.3, 0.4) is 0 Å². The van der Waals surface area contributed by atoms with Crippen LogP contribution in [-0.4, -0.2) is 35.3 Å². The first-order valence-corrected chi connectivity index (χ1v) is 6.81. The van der Waals surface area contributed by atoms with Gasteiger partial charge in [-0.05, 0) is 26.4 Å². The van der Waals surface area contributed by atoms with Crippen LogP contribution in [0.15, 0.2) is 0 Å². The summed E-state index contributed by atoms with van der Waals surface area (Å²) in [5.41, 5.74) is 2.03. The molecule has 3 nitrogen and oxygen atoms in total. The van der Waals surface area contributed by atoms with Gasteiger partial charge in [-0.15, -0.1) is 11.6 Å². The highest BCUT2D eigenvalue weighted by atomic mass is 35.5. The number of hydrogen-bond donors (Lipinski definition) is 0. The quantitative estimate of drug-likeness (QED) is 0.746. The first-order valence-electron chi connectivity index (χ1n) is 5.90. The molecule has 0 aliphatic heterocycles. The predicted molar refractivity (Wildman–Crippen MR) is 73.9 cm³/mol. The Morgan fingerprint density at radius 2 is 2.00 bits per heavy atom. The number of alkyl halides is 1. The topological polar surface area (TPSA) is 21.1 Å². The molecule has 98 valence electrons. The third kappa shape index (κ3) is 4.16. The van der Waals surface area contributed by atoms with Crippen LogP contribution >= 0.6 is 23.2 Å². The Bertz CT molecular complexity index is 359. The maximum Gasteiger partial charge on any atom is 0.131 e. The summed E-state index contributed by atoms with van der Waals surface area (Å²) in [6, 6.07) is 0. The van der Waals surface area contributed by atoms with Gasteiger partial charge in [0.2, 0.25) is 0 Å². The Kier molecular flexibility index (Phi) is 5.77. The minimum absolute atomic E-state index is 0.433. The third-order valence-corrected chi connectivity index (χ3v) is 3.25. The van der Waals surface area contributed by atoms with Crippen molar-refractivity contribution >= 4 is 23.2 Å². The maximum atomic E-state index is 6.29. The largest absolute Gasteiger partial charge is 0.308 e. The molecule has 1 heterocycles. The van der Waals surface area contributed by atoms with E-state index in [1.165, 1.54) is 0 Å². The van der Waals surface area contributed by atoms with E-state index in [1.807, 2.05) is 18.8 Å². The van der Waals surface area contributed by atoms with Crippen LogP contribution in [0, 0.1) is 5.92 Å². The summed E-state index contributed by atoms with van der Waals surface area (Å²) in [4.78, 5) is 2.11. The lowest BCUT2D eigenvalue weighted by Gasteiger charge is -2.09. The molecule has 0 radical (unpaired) electrons. The van der Waals surface area contributed by atoms with Crippen molar-refractivity contribution in [2.24, 2.45) is 5.92 Å². The van der Waals surface area contributed by atoms with E-state index in [2.05, 4.69) is 23.8 Å². The summed E-state index contributed by atoms with van der Waals surface area (Å²) < 4.78 is 1.86. The van der Waals surface area contributed by atoms with Crippen LogP contribution < -0.4 is 0 Å². The summed E-state index contributed by atoms with van der Waals surface area (Å²) in [6.45, 7) is 6.06. The average Bonchev–Trinajstić information content (AvgIpc) is 2.51. The fourth-order valence-electron chi connectivity index (χ4n) is 1.65. The van der Waals surface area contributed by atoms with Crippen molar-refractivity contribution in [3.05, 3.63) is 16.4 Å². The van der Waals surface area contributed by atoms with Crippen LogP contribution in [0.2, 0.25) is 5.15 Å². The second-order valence-corrected chi connectivity index (χ2v) is 5.60. The Morgan fingerprint density at radius 1 is 1.35 bits per heavy atom. The fraction of sp³-hybridized carbons (Fsp3) is 0.750. The predicted octanol–water partition coefficient (Wildman–Crippen LogP) is 3.04. The number of hydrogen-bond acceptors (Lipinski definition) is 2. The number of halogens is 2. The fourth-order valence-corrected chi connectivity index (χ4v) is 2.30. The number of likely N-dealkylation sites (N-methyl/N-ethyl adjacent to an activating group) is 1. The van der Waals surface area contributed by atoms with E-state index in [9.17, 15) is 0 Å². The van der Waals surface area contributed by atoms with Crippen molar-refractivity contribution in [2.45, 2.75) is 32.7 Å². The van der Waals surface area contributed by atoms with Gasteiger partial charge in [0.25, 0.3) is 0 Å². The zero-order valence-corrected chi connectivity index (χ0v) is 12.5. The van der Waals surface area contributed by atoms with Gasteiger partial charge >= 0.3 is 0 Å². The van der Waals surface area contributed by atoms with Gasteiger partial charge in [-0.1, -0.05) is 25.4 Å². The van der Waals surface area contributed by atoms with Crippen LogP contribution in [0.5, 0.6) is 0 Å². The molecular weight excluding hydrogens is 257 g/mol. The Morgan fingerprint density at radius 3 is 2.47 bits per heavy atom. The molecule has 0 saturated heterocycles. The minimum atomic E-state index is 0.433. The lowest BCUT2D eigenvalue weighted by Crippen LogP contribution is -2.19. The number of rotatable bonds is 6. The molecule has 0 aliphatic carbocycles. The molecule has 0 atom stereocenters. The Labute approximate surface area is 114 Å². The van der Waals surface area contributed by atoms with E-state index in [1.54, 1.807) is 0 Å². The van der Waals surface area contributed by atoms with Crippen LogP contribution in [0.1, 0.15) is 25.1 Å². The lowest BCUT2D eigenvalue weighted by molar-refractivity contribution is 0.372. The van der Waals surface area contributed by atoms with Gasteiger partial charge in [-0.25, -0.2) is 0 Å². The first kappa shape index (κ1) is 14.8. The molecule has 5 heteroatoms. The van der Waals surface area contributed by atoms with Crippen molar-refractivity contribution in [3.8, 4) is 0 Å². The molecule has 0 N–H and O–H groups in total. The van der Waals surface area contributed by atoms with E-state index in [0.29, 0.717) is 17.0 Å². The van der Waals surface area contributed by atoms with Crippen molar-refractivity contribution < 1.29 is 0 Å². The monoisotopic (exact) mass is 277 g/mol. The van der Waals surface area contributed by atoms with Gasteiger partial charge in [0.05, 0.1) is 18.1 Å². The molecular formula is C12H21Cl2N3. The summed E-state index contributed by atoms with van der Waals surface area (Å²) in [5.74, 6) is 0.994. The van der Waals surface area contributed by atoms with Crippen LogP contribution in [0.4, 0.5) is 0 Å². The number of nitrogens with zero attached hydrogens (tertiary/aromatic N) is 3. The highest BCUT2D eigenvalue weighted by Gasteiger charge is 2.16. The van der Waals surface area contributed by atoms with E-state index in [4.69, 9.17) is 23.2 Å². The molecule has 17 heavy (non-hydrogen) atoms. The first-order chi connectivity index (χ1) is 7.95. The molecule has 0 aromatic carbocycles. The zero-order chi connectivity index (χ0) is 13.0. The molecule has 0 fully saturated rings. The summed E-state index contributed by atoms with van der Waals surface area (Å²) in [7, 11) is 4.07. The van der Waals surface area contributed by atoms with E-state index >= 15 is 0 Å². The molecule has 0 aliphatic rings. The van der Waals surface area contributed by atoms with Crippen molar-refractivity contribution in [3.63, 3.8) is 0 Å². The molecule has 1 rings (SSSR count). The zero-order valence-electron chi connectivity index (χ0n) is 11.0. The standard InChI is InChI=1S/C12H21Cl2N3/c1-9(2)7-11-10(8-13)12(14)17(15-11)6-5-16(3)4/h9H,5-8H2,1-4H3. The summed E-state index contributed by atoms with van der Waals surface area (Å²) in [6.07, 6.45) is 0.927. The molecule has 1 aromatic rings. The van der Waals surface area contributed by atoms with Crippen molar-refractivity contribution in [2.75, 3.05) is 20.6 Å². The highest BCUT2D eigenvalue weighted by Crippen LogP contribution is 2.24. The van der Waals surface area contributed by atoms with Gasteiger partial charge < -0.3 is 4.90 Å². The molecule has 0 saturated carbocycles. The summed E-state index contributed by atoms with van der Waals surface area (Å²) in [5, 5.41) is 5.26. The summed E-state index contributed by atoms with van der Waals surface area (Å²) >= 11 is 12.2. The molecule has 0 spiro atoms.